The molecular weight excluding hydrogens is 256 g/mol. The van der Waals surface area contributed by atoms with E-state index in [1.165, 1.54) is 5.56 Å². The fraction of sp³-hybridized carbons (Fsp3) is 0.533. The highest BCUT2D eigenvalue weighted by Gasteiger charge is 2.21. The van der Waals surface area contributed by atoms with Gasteiger partial charge < -0.3 is 15.2 Å². The lowest BCUT2D eigenvalue weighted by Crippen LogP contribution is -2.42. The van der Waals surface area contributed by atoms with Gasteiger partial charge in [-0.2, -0.15) is 0 Å². The van der Waals surface area contributed by atoms with E-state index in [0.717, 1.165) is 38.2 Å². The third-order valence-electron chi connectivity index (χ3n) is 3.44. The molecule has 5 heteroatoms. The minimum atomic E-state index is -0.687. The van der Waals surface area contributed by atoms with Crippen LogP contribution in [0.25, 0.3) is 0 Å². The van der Waals surface area contributed by atoms with Gasteiger partial charge in [0, 0.05) is 13.1 Å². The largest absolute Gasteiger partial charge is 0.492 e. The molecular formula is C15H22N2O3. The van der Waals surface area contributed by atoms with E-state index in [9.17, 15) is 4.79 Å². The normalized spacial score (nSPS) is 19.6. The van der Waals surface area contributed by atoms with Crippen molar-refractivity contribution in [3.63, 3.8) is 0 Å². The van der Waals surface area contributed by atoms with Gasteiger partial charge in [-0.25, -0.2) is 4.79 Å². The first-order chi connectivity index (χ1) is 9.63. The number of benzene rings is 1. The molecule has 1 aliphatic rings. The Kier molecular flexibility index (Phi) is 5.24. The summed E-state index contributed by atoms with van der Waals surface area (Å²) >= 11 is 0. The van der Waals surface area contributed by atoms with Crippen LogP contribution >= 0.6 is 0 Å². The molecule has 1 heterocycles. The maximum atomic E-state index is 10.8. The Labute approximate surface area is 119 Å². The Morgan fingerprint density at radius 1 is 1.40 bits per heavy atom. The van der Waals surface area contributed by atoms with Crippen molar-refractivity contribution in [1.82, 2.24) is 4.90 Å². The number of aryl methyl sites for hydroxylation is 1. The first kappa shape index (κ1) is 14.7. The number of amides is 1. The van der Waals surface area contributed by atoms with Gasteiger partial charge in [-0.1, -0.05) is 17.7 Å². The summed E-state index contributed by atoms with van der Waals surface area (Å²) < 4.78 is 10.8. The van der Waals surface area contributed by atoms with Gasteiger partial charge >= 0.3 is 6.09 Å². The average Bonchev–Trinajstić information content (AvgIpc) is 2.41. The van der Waals surface area contributed by atoms with Crippen molar-refractivity contribution < 1.29 is 14.3 Å². The lowest BCUT2D eigenvalue weighted by Gasteiger charge is -2.31. The summed E-state index contributed by atoms with van der Waals surface area (Å²) in [7, 11) is 0. The van der Waals surface area contributed by atoms with Crippen molar-refractivity contribution >= 4 is 6.09 Å². The molecule has 0 radical (unpaired) electrons. The van der Waals surface area contributed by atoms with Crippen LogP contribution in [0, 0.1) is 6.92 Å². The molecule has 1 atom stereocenters. The topological polar surface area (TPSA) is 64.8 Å². The van der Waals surface area contributed by atoms with Crippen LogP contribution in [0.5, 0.6) is 5.75 Å². The second-order valence-corrected chi connectivity index (χ2v) is 5.16. The number of carbonyl (C=O) groups is 1. The molecule has 2 rings (SSSR count). The van der Waals surface area contributed by atoms with E-state index in [0.29, 0.717) is 6.61 Å². The Morgan fingerprint density at radius 3 is 2.85 bits per heavy atom. The summed E-state index contributed by atoms with van der Waals surface area (Å²) in [6.45, 7) is 5.26. The van der Waals surface area contributed by atoms with E-state index >= 15 is 0 Å². The van der Waals surface area contributed by atoms with Gasteiger partial charge in [-0.15, -0.1) is 0 Å². The van der Waals surface area contributed by atoms with Crippen LogP contribution < -0.4 is 10.5 Å². The first-order valence-corrected chi connectivity index (χ1v) is 7.01. The molecule has 2 N–H and O–H groups in total. The number of rotatable bonds is 5. The zero-order valence-corrected chi connectivity index (χ0v) is 11.9. The molecule has 1 amide bonds. The molecule has 0 aliphatic carbocycles. The van der Waals surface area contributed by atoms with Crippen LogP contribution in [0.2, 0.25) is 0 Å². The van der Waals surface area contributed by atoms with E-state index in [2.05, 4.69) is 11.8 Å². The van der Waals surface area contributed by atoms with Crippen molar-refractivity contribution in [1.29, 1.82) is 0 Å². The van der Waals surface area contributed by atoms with Crippen molar-refractivity contribution in [2.24, 2.45) is 5.73 Å². The minimum absolute atomic E-state index is 0.0828. The van der Waals surface area contributed by atoms with Crippen molar-refractivity contribution in [3.05, 3.63) is 29.8 Å². The summed E-state index contributed by atoms with van der Waals surface area (Å²) in [5.74, 6) is 0.887. The van der Waals surface area contributed by atoms with Gasteiger partial charge in [-0.05, 0) is 38.4 Å². The molecule has 0 saturated carbocycles. The molecule has 1 aliphatic heterocycles. The van der Waals surface area contributed by atoms with E-state index < -0.39 is 6.09 Å². The summed E-state index contributed by atoms with van der Waals surface area (Å²) in [5, 5.41) is 0. The average molecular weight is 278 g/mol. The highest BCUT2D eigenvalue weighted by Crippen LogP contribution is 2.14. The molecule has 5 nitrogen and oxygen atoms in total. The number of hydrogen-bond donors (Lipinski definition) is 1. The zero-order valence-electron chi connectivity index (χ0n) is 11.9. The number of primary amides is 1. The van der Waals surface area contributed by atoms with Crippen LogP contribution in [0.3, 0.4) is 0 Å². The third-order valence-corrected chi connectivity index (χ3v) is 3.44. The van der Waals surface area contributed by atoms with Gasteiger partial charge in [0.15, 0.2) is 0 Å². The summed E-state index contributed by atoms with van der Waals surface area (Å²) in [6, 6.07) is 8.02. The Morgan fingerprint density at radius 2 is 2.15 bits per heavy atom. The van der Waals surface area contributed by atoms with Crippen LogP contribution in [0.1, 0.15) is 18.4 Å². The molecule has 0 spiro atoms. The smallest absolute Gasteiger partial charge is 0.404 e. The number of hydrogen-bond acceptors (Lipinski definition) is 4. The van der Waals surface area contributed by atoms with Crippen LogP contribution in [-0.4, -0.2) is 43.3 Å². The molecule has 20 heavy (non-hydrogen) atoms. The molecule has 0 bridgehead atoms. The van der Waals surface area contributed by atoms with Crippen molar-refractivity contribution in [2.75, 3.05) is 26.2 Å². The molecule has 110 valence electrons. The number of ether oxygens (including phenoxy) is 2. The monoisotopic (exact) mass is 278 g/mol. The van der Waals surface area contributed by atoms with Gasteiger partial charge in [-0.3, -0.25) is 4.90 Å². The minimum Gasteiger partial charge on any atom is -0.492 e. The molecule has 0 aromatic heterocycles. The highest BCUT2D eigenvalue weighted by molar-refractivity contribution is 5.64. The summed E-state index contributed by atoms with van der Waals surface area (Å²) in [6.07, 6.45) is 1.13. The van der Waals surface area contributed by atoms with Gasteiger partial charge in [0.05, 0.1) is 0 Å². The zero-order chi connectivity index (χ0) is 14.4. The van der Waals surface area contributed by atoms with Gasteiger partial charge in [0.1, 0.15) is 18.5 Å². The predicted molar refractivity (Wildman–Crippen MR) is 76.8 cm³/mol. The van der Waals surface area contributed by atoms with Crippen molar-refractivity contribution in [2.45, 2.75) is 25.9 Å². The van der Waals surface area contributed by atoms with Gasteiger partial charge in [0.2, 0.25) is 0 Å². The lowest BCUT2D eigenvalue weighted by molar-refractivity contribution is 0.0429. The number of carbonyl (C=O) groups excluding carboxylic acids is 1. The highest BCUT2D eigenvalue weighted by atomic mass is 16.6. The van der Waals surface area contributed by atoms with E-state index in [1.807, 2.05) is 24.3 Å². The second kappa shape index (κ2) is 7.14. The molecule has 1 saturated heterocycles. The third kappa shape index (κ3) is 4.74. The first-order valence-electron chi connectivity index (χ1n) is 7.01. The second-order valence-electron chi connectivity index (χ2n) is 5.16. The van der Waals surface area contributed by atoms with Crippen LogP contribution in [-0.2, 0) is 4.74 Å². The quantitative estimate of drug-likeness (QED) is 0.894. The Balaban J connectivity index is 1.70. The number of nitrogens with two attached hydrogens (primary N) is 1. The molecule has 1 aromatic carbocycles. The predicted octanol–water partition coefficient (Wildman–Crippen LogP) is 1.93. The lowest BCUT2D eigenvalue weighted by atomic mass is 10.1. The number of nitrogens with zero attached hydrogens (tertiary/aromatic N) is 1. The maximum absolute atomic E-state index is 10.8. The Hall–Kier alpha value is -1.75. The fourth-order valence-electron chi connectivity index (χ4n) is 2.40. The summed E-state index contributed by atoms with van der Waals surface area (Å²) in [4.78, 5) is 13.0. The van der Waals surface area contributed by atoms with E-state index in [-0.39, 0.29) is 6.10 Å². The molecule has 1 aromatic rings. The number of likely N-dealkylation sites (tertiary alicyclic amines) is 1. The molecule has 1 fully saturated rings. The van der Waals surface area contributed by atoms with E-state index in [4.69, 9.17) is 15.2 Å². The summed E-state index contributed by atoms with van der Waals surface area (Å²) in [5.41, 5.74) is 6.27. The maximum Gasteiger partial charge on any atom is 0.404 e. The van der Waals surface area contributed by atoms with Crippen molar-refractivity contribution in [3.8, 4) is 5.75 Å². The van der Waals surface area contributed by atoms with Gasteiger partial charge in [0.25, 0.3) is 0 Å². The number of piperidine rings is 1. The Bertz CT molecular complexity index is 433. The molecule has 1 unspecified atom stereocenters. The van der Waals surface area contributed by atoms with Crippen LogP contribution in [0.15, 0.2) is 24.3 Å². The van der Waals surface area contributed by atoms with Crippen LogP contribution in [0.4, 0.5) is 4.79 Å². The van der Waals surface area contributed by atoms with E-state index in [1.54, 1.807) is 0 Å². The SMILES string of the molecule is Cc1ccc(OCCN2CCCC(OC(N)=O)C2)cc1. The fourth-order valence-corrected chi connectivity index (χ4v) is 2.40. The standard InChI is InChI=1S/C15H22N2O3/c1-12-4-6-13(7-5-12)19-10-9-17-8-2-3-14(11-17)20-15(16)18/h4-7,14H,2-3,8-11H2,1H3,(H2,16,18).